The van der Waals surface area contributed by atoms with Crippen LogP contribution in [0.15, 0.2) is 122 Å². The van der Waals surface area contributed by atoms with Gasteiger partial charge in [0.05, 0.1) is 20.5 Å². The fourth-order valence-corrected chi connectivity index (χ4v) is 7.37. The fraction of sp³-hybridized carbons (Fsp3) is 0.250. The van der Waals surface area contributed by atoms with Crippen LogP contribution in [-0.4, -0.2) is 0 Å². The molecule has 0 saturated carbocycles. The molecule has 0 radical (unpaired) electrons. The lowest BCUT2D eigenvalue weighted by Crippen LogP contribution is -2.68. The maximum atomic E-state index is 2.43. The Labute approximate surface area is 298 Å². The van der Waals surface area contributed by atoms with Gasteiger partial charge in [-0.2, -0.15) is 0 Å². The van der Waals surface area contributed by atoms with Crippen LogP contribution in [0.1, 0.15) is 74.9 Å². The van der Waals surface area contributed by atoms with E-state index in [9.17, 15) is 0 Å². The first-order valence-electron chi connectivity index (χ1n) is 17.9. The van der Waals surface area contributed by atoms with Crippen LogP contribution < -0.4 is 9.35 Å². The summed E-state index contributed by atoms with van der Waals surface area (Å²) >= 11 is 0. The lowest BCUT2D eigenvalue weighted by Gasteiger charge is -2.20. The van der Waals surface area contributed by atoms with Gasteiger partial charge in [-0.15, -0.1) is 0 Å². The first kappa shape index (κ1) is 33.4. The van der Waals surface area contributed by atoms with Crippen molar-refractivity contribution in [1.29, 1.82) is 0 Å². The Morgan fingerprint density at radius 2 is 1.06 bits per heavy atom. The highest BCUT2D eigenvalue weighted by molar-refractivity contribution is 6.09. The zero-order valence-corrected chi connectivity index (χ0v) is 31.4. The van der Waals surface area contributed by atoms with Gasteiger partial charge in [0.1, 0.15) is 0 Å². The molecule has 0 saturated heterocycles. The first-order chi connectivity index (χ1) is 23.7. The summed E-state index contributed by atoms with van der Waals surface area (Å²) in [7, 11) is 0. The minimum Gasteiger partial charge on any atom is -0.0579 e. The number of benzene rings is 5. The monoisotopic (exact) mass is 654 g/mol. The van der Waals surface area contributed by atoms with Gasteiger partial charge in [0, 0.05) is 24.3 Å². The fourth-order valence-electron chi connectivity index (χ4n) is 7.37. The zero-order valence-electron chi connectivity index (χ0n) is 31.4. The van der Waals surface area contributed by atoms with E-state index < -0.39 is 0 Å². The summed E-state index contributed by atoms with van der Waals surface area (Å²) < 4.78 is 4.65. The maximum absolute atomic E-state index is 2.43. The van der Waals surface area contributed by atoms with Crippen LogP contribution in [0.5, 0.6) is 0 Å². The van der Waals surface area contributed by atoms with Gasteiger partial charge in [-0.25, -0.2) is 0 Å². The Hall–Kier alpha value is -5.08. The van der Waals surface area contributed by atoms with E-state index in [1.54, 1.807) is 0 Å². The molecular weight excluding hydrogens is 605 g/mol. The van der Waals surface area contributed by atoms with Gasteiger partial charge in [0.25, 0.3) is 11.4 Å². The predicted octanol–water partition coefficient (Wildman–Crippen LogP) is 11.7. The van der Waals surface area contributed by atoms with E-state index in [2.05, 4.69) is 200 Å². The maximum Gasteiger partial charge on any atom is 0.284 e. The summed E-state index contributed by atoms with van der Waals surface area (Å²) in [4.78, 5) is 0. The average molecular weight is 655 g/mol. The Balaban J connectivity index is 1.47. The SMILES string of the molecule is Cc1cc(C)cc(-c2ccc(C)c(-c3cccc[n+]3-[n+]3ccc(C(C)(C)C)cc3-c3cc4c(ccc5cc(C(C)(C)C)ccc54)cc3C)c2)c1. The average Bonchev–Trinajstić information content (AvgIpc) is 3.06. The first-order valence-corrected chi connectivity index (χ1v) is 17.9. The Morgan fingerprint density at radius 1 is 0.420 bits per heavy atom. The molecule has 0 N–H and O–H groups in total. The van der Waals surface area contributed by atoms with Crippen molar-refractivity contribution in [3.63, 3.8) is 0 Å². The molecule has 5 aromatic carbocycles. The number of rotatable bonds is 4. The molecule has 2 aromatic heterocycles. The Bertz CT molecular complexity index is 2410. The number of fused-ring (bicyclic) bond motifs is 3. The van der Waals surface area contributed by atoms with Crippen LogP contribution in [-0.2, 0) is 10.8 Å². The third-order valence-corrected chi connectivity index (χ3v) is 10.3. The molecule has 2 heteroatoms. The van der Waals surface area contributed by atoms with Crippen molar-refractivity contribution < 1.29 is 9.35 Å². The third-order valence-electron chi connectivity index (χ3n) is 10.3. The minimum atomic E-state index is -0.00427. The van der Waals surface area contributed by atoms with Crippen molar-refractivity contribution in [2.24, 2.45) is 0 Å². The van der Waals surface area contributed by atoms with Crippen LogP contribution in [0.25, 0.3) is 55.2 Å². The largest absolute Gasteiger partial charge is 0.284 e. The topological polar surface area (TPSA) is 7.76 Å². The lowest BCUT2D eigenvalue weighted by molar-refractivity contribution is -1.29. The van der Waals surface area contributed by atoms with E-state index in [1.807, 2.05) is 0 Å². The molecular formula is C48H50N2+2. The lowest BCUT2D eigenvalue weighted by atomic mass is 9.85. The van der Waals surface area contributed by atoms with Gasteiger partial charge in [-0.1, -0.05) is 119 Å². The third kappa shape index (κ3) is 6.24. The van der Waals surface area contributed by atoms with Gasteiger partial charge in [-0.3, -0.25) is 0 Å². The second-order valence-corrected chi connectivity index (χ2v) is 16.4. The molecule has 0 aliphatic rings. The molecule has 0 unspecified atom stereocenters. The van der Waals surface area contributed by atoms with E-state index in [1.165, 1.54) is 82.9 Å². The summed E-state index contributed by atoms with van der Waals surface area (Å²) in [5.74, 6) is 0. The summed E-state index contributed by atoms with van der Waals surface area (Å²) in [6, 6.07) is 41.3. The molecule has 0 atom stereocenters. The van der Waals surface area contributed by atoms with Crippen LogP contribution in [0.3, 0.4) is 0 Å². The van der Waals surface area contributed by atoms with Gasteiger partial charge < -0.3 is 0 Å². The smallest absolute Gasteiger partial charge is 0.0579 e. The summed E-state index contributed by atoms with van der Waals surface area (Å²) in [5, 5.41) is 5.14. The van der Waals surface area contributed by atoms with Crippen LogP contribution in [0.2, 0.25) is 0 Å². The molecule has 0 spiro atoms. The standard InChI is InChI=1S/C48H50N2/c1-31-23-32(2)25-38(24-31)35-15-14-33(3)42(28-35)45-13-11-12-21-49(45)50-22-20-40(48(8,9)10)29-46(50)43-30-44-36(26-34(43)4)16-17-37-27-39(47(5,6)7)18-19-41(37)44/h11-30H,1-10H3/q+2. The summed E-state index contributed by atoms with van der Waals surface area (Å²) in [5.41, 5.74) is 15.1. The normalized spacial score (nSPS) is 12.2. The molecule has 0 amide bonds. The van der Waals surface area contributed by atoms with E-state index in [0.717, 1.165) is 5.69 Å². The highest BCUT2D eigenvalue weighted by Gasteiger charge is 2.31. The second-order valence-electron chi connectivity index (χ2n) is 16.4. The number of hydrogen-bond acceptors (Lipinski definition) is 0. The van der Waals surface area contributed by atoms with Gasteiger partial charge in [-0.05, 0) is 112 Å². The summed E-state index contributed by atoms with van der Waals surface area (Å²) in [6.07, 6.45) is 4.45. The van der Waals surface area contributed by atoms with Crippen molar-refractivity contribution in [3.05, 3.63) is 155 Å². The van der Waals surface area contributed by atoms with Crippen LogP contribution >= 0.6 is 0 Å². The zero-order chi connectivity index (χ0) is 35.5. The number of aryl methyl sites for hydroxylation is 4. The van der Waals surface area contributed by atoms with Crippen molar-refractivity contribution in [2.45, 2.75) is 80.1 Å². The van der Waals surface area contributed by atoms with Gasteiger partial charge >= 0.3 is 0 Å². The molecule has 0 aliphatic carbocycles. The highest BCUT2D eigenvalue weighted by Crippen LogP contribution is 2.35. The van der Waals surface area contributed by atoms with Crippen LogP contribution in [0.4, 0.5) is 0 Å². The van der Waals surface area contributed by atoms with Gasteiger partial charge in [0.15, 0.2) is 0 Å². The van der Waals surface area contributed by atoms with E-state index in [-0.39, 0.29) is 10.8 Å². The molecule has 7 rings (SSSR count). The highest BCUT2D eigenvalue weighted by atomic mass is 15.4. The predicted molar refractivity (Wildman–Crippen MR) is 212 cm³/mol. The Kier molecular flexibility index (Phi) is 8.26. The van der Waals surface area contributed by atoms with Crippen molar-refractivity contribution in [3.8, 4) is 33.6 Å². The molecule has 0 aliphatic heterocycles. The molecule has 2 heterocycles. The second kappa shape index (κ2) is 12.4. The number of nitrogens with zero attached hydrogens (tertiary/aromatic N) is 2. The minimum absolute atomic E-state index is 0.00427. The molecule has 0 fully saturated rings. The van der Waals surface area contributed by atoms with Crippen molar-refractivity contribution in [2.75, 3.05) is 0 Å². The molecule has 0 bridgehead atoms. The summed E-state index contributed by atoms with van der Waals surface area (Å²) in [6.45, 7) is 22.6. The van der Waals surface area contributed by atoms with Crippen LogP contribution in [0, 0.1) is 27.7 Å². The molecule has 250 valence electrons. The van der Waals surface area contributed by atoms with E-state index in [4.69, 9.17) is 0 Å². The van der Waals surface area contributed by atoms with Gasteiger partial charge in [0.2, 0.25) is 12.4 Å². The number of pyridine rings is 2. The molecule has 50 heavy (non-hydrogen) atoms. The quantitative estimate of drug-likeness (QED) is 0.132. The Morgan fingerprint density at radius 3 is 1.76 bits per heavy atom. The van der Waals surface area contributed by atoms with Crippen molar-refractivity contribution in [1.82, 2.24) is 0 Å². The van der Waals surface area contributed by atoms with E-state index in [0.29, 0.717) is 0 Å². The van der Waals surface area contributed by atoms with E-state index >= 15 is 0 Å². The molecule has 2 nitrogen and oxygen atoms in total. The molecule has 7 aromatic rings. The number of aromatic nitrogens is 2. The number of hydrogen-bond donors (Lipinski definition) is 0. The van der Waals surface area contributed by atoms with Crippen molar-refractivity contribution >= 4 is 21.5 Å².